The smallest absolute Gasteiger partial charge is 0.768 e. The molecule has 0 saturated heterocycles. The molecule has 0 radical (unpaired) electrons. The largest absolute Gasteiger partial charge is 1.00 e. The summed E-state index contributed by atoms with van der Waals surface area (Å²) < 4.78 is 34.1. The van der Waals surface area contributed by atoms with E-state index in [1.807, 2.05) is 0 Å². The van der Waals surface area contributed by atoms with Crippen LogP contribution in [0.25, 0.3) is 0 Å². The van der Waals surface area contributed by atoms with Crippen molar-refractivity contribution >= 4 is 17.0 Å². The summed E-state index contributed by atoms with van der Waals surface area (Å²) in [6.45, 7) is 1.37. The van der Waals surface area contributed by atoms with E-state index in [-0.39, 0.29) is 69.6 Å². The van der Waals surface area contributed by atoms with Crippen LogP contribution in [-0.4, -0.2) is 14.7 Å². The van der Waals surface area contributed by atoms with Gasteiger partial charge in [0.05, 0.1) is 5.97 Å². The van der Waals surface area contributed by atoms with Crippen LogP contribution in [0.3, 0.4) is 0 Å². The summed E-state index contributed by atoms with van der Waals surface area (Å²) in [6.07, 6.45) is 0. The fraction of sp³-hybridized carbons (Fsp3) is 0.125. The average molecular weight is 262 g/mol. The normalized spacial score (nSPS) is 10.9. The zero-order valence-corrected chi connectivity index (χ0v) is 13.9. The molecule has 0 heterocycles. The third kappa shape index (κ3) is 4.54. The standard InChI is InChI=1S/C8H7FO4S.2Na/c1-4-2-6(9)5(8(10)11)3-7(4)14(12)13;;/h2-3H,1H3,(H,10,11)(H,12,13);;/q;2*+1/p-2. The maximum Gasteiger partial charge on any atom is 1.00 e. The summed E-state index contributed by atoms with van der Waals surface area (Å²) in [5, 5.41) is 10.4. The zero-order valence-electron chi connectivity index (χ0n) is 9.07. The summed E-state index contributed by atoms with van der Waals surface area (Å²) in [5.41, 5.74) is -0.601. The van der Waals surface area contributed by atoms with Crippen LogP contribution in [0.2, 0.25) is 0 Å². The van der Waals surface area contributed by atoms with Gasteiger partial charge in [-0.15, -0.1) is 0 Å². The van der Waals surface area contributed by atoms with E-state index in [1.165, 1.54) is 6.92 Å². The zero-order chi connectivity index (χ0) is 10.9. The molecule has 76 valence electrons. The average Bonchev–Trinajstić information content (AvgIpc) is 2.02. The molecular weight excluding hydrogens is 257 g/mol. The first-order chi connectivity index (χ1) is 6.43. The Kier molecular flexibility index (Phi) is 9.47. The molecule has 1 unspecified atom stereocenters. The van der Waals surface area contributed by atoms with Gasteiger partial charge in [0, 0.05) is 10.5 Å². The summed E-state index contributed by atoms with van der Waals surface area (Å²) in [7, 11) is 0. The Morgan fingerprint density at radius 2 is 1.88 bits per heavy atom. The molecule has 0 spiro atoms. The van der Waals surface area contributed by atoms with Crippen molar-refractivity contribution in [3.8, 4) is 0 Å². The number of rotatable bonds is 2. The molecule has 0 aromatic heterocycles. The Balaban J connectivity index is 0. The number of carboxylic acid groups (broad SMARTS) is 1. The van der Waals surface area contributed by atoms with Gasteiger partial charge in [0.15, 0.2) is 0 Å². The number of benzene rings is 1. The Morgan fingerprint density at radius 3 is 2.25 bits per heavy atom. The summed E-state index contributed by atoms with van der Waals surface area (Å²) in [4.78, 5) is 10.1. The van der Waals surface area contributed by atoms with Gasteiger partial charge in [-0.1, -0.05) is 0 Å². The van der Waals surface area contributed by atoms with Crippen molar-refractivity contribution in [1.82, 2.24) is 0 Å². The molecule has 1 aromatic rings. The van der Waals surface area contributed by atoms with Gasteiger partial charge in [0.2, 0.25) is 0 Å². The minimum absolute atomic E-state index is 0. The van der Waals surface area contributed by atoms with Gasteiger partial charge in [0.25, 0.3) is 0 Å². The SMILES string of the molecule is Cc1cc(F)c(C(=O)[O-])cc1S(=O)[O-].[Na+].[Na+]. The minimum atomic E-state index is -2.58. The second-order valence-electron chi connectivity index (χ2n) is 2.62. The van der Waals surface area contributed by atoms with Crippen molar-refractivity contribution < 1.29 is 82.2 Å². The van der Waals surface area contributed by atoms with E-state index in [4.69, 9.17) is 0 Å². The van der Waals surface area contributed by atoms with Crippen LogP contribution < -0.4 is 64.2 Å². The molecule has 1 rings (SSSR count). The molecule has 0 aliphatic rings. The second-order valence-corrected chi connectivity index (χ2v) is 3.53. The number of hydrogen-bond donors (Lipinski definition) is 0. The number of carbonyl (C=O) groups excluding carboxylic acids is 1. The van der Waals surface area contributed by atoms with Crippen molar-refractivity contribution in [3.63, 3.8) is 0 Å². The molecule has 8 heteroatoms. The predicted molar refractivity (Wildman–Crippen MR) is 42.7 cm³/mol. The van der Waals surface area contributed by atoms with E-state index < -0.39 is 28.4 Å². The van der Waals surface area contributed by atoms with Gasteiger partial charge >= 0.3 is 59.1 Å². The molecule has 0 bridgehead atoms. The number of aryl methyl sites for hydroxylation is 1. The van der Waals surface area contributed by atoms with Crippen molar-refractivity contribution in [2.75, 3.05) is 0 Å². The number of halogens is 1. The molecule has 0 amide bonds. The Labute approximate surface area is 138 Å². The Bertz CT molecular complexity index is 389. The maximum atomic E-state index is 12.9. The molecule has 4 nitrogen and oxygen atoms in total. The third-order valence-corrected chi connectivity index (χ3v) is 2.46. The molecular formula is C8H5FNa2O4S. The molecule has 0 aliphatic carbocycles. The van der Waals surface area contributed by atoms with Crippen LogP contribution in [0.4, 0.5) is 4.39 Å². The van der Waals surface area contributed by atoms with E-state index in [2.05, 4.69) is 0 Å². The van der Waals surface area contributed by atoms with Crippen LogP contribution >= 0.6 is 0 Å². The maximum absolute atomic E-state index is 12.9. The summed E-state index contributed by atoms with van der Waals surface area (Å²) >= 11 is -2.58. The van der Waals surface area contributed by atoms with Gasteiger partial charge in [0.1, 0.15) is 5.82 Å². The van der Waals surface area contributed by atoms with E-state index >= 15 is 0 Å². The Morgan fingerprint density at radius 1 is 1.38 bits per heavy atom. The molecule has 0 aliphatic heterocycles. The summed E-state index contributed by atoms with van der Waals surface area (Å²) in [6, 6.07) is 1.58. The molecule has 16 heavy (non-hydrogen) atoms. The molecule has 0 N–H and O–H groups in total. The van der Waals surface area contributed by atoms with Crippen molar-refractivity contribution in [1.29, 1.82) is 0 Å². The van der Waals surface area contributed by atoms with Crippen LogP contribution in [0.1, 0.15) is 15.9 Å². The first-order valence-electron chi connectivity index (χ1n) is 3.54. The first-order valence-corrected chi connectivity index (χ1v) is 4.61. The van der Waals surface area contributed by atoms with Crippen LogP contribution in [0, 0.1) is 12.7 Å². The Hall–Kier alpha value is 0.730. The van der Waals surface area contributed by atoms with E-state index in [1.54, 1.807) is 0 Å². The van der Waals surface area contributed by atoms with E-state index in [9.17, 15) is 23.1 Å². The van der Waals surface area contributed by atoms with E-state index in [0.29, 0.717) is 0 Å². The first kappa shape index (κ1) is 19.1. The topological polar surface area (TPSA) is 80.3 Å². The number of hydrogen-bond acceptors (Lipinski definition) is 4. The number of carbonyl (C=O) groups is 1. The van der Waals surface area contributed by atoms with Gasteiger partial charge in [-0.2, -0.15) is 0 Å². The van der Waals surface area contributed by atoms with Gasteiger partial charge in [-0.05, 0) is 35.7 Å². The van der Waals surface area contributed by atoms with Crippen LogP contribution in [-0.2, 0) is 11.1 Å². The van der Waals surface area contributed by atoms with E-state index in [0.717, 1.165) is 12.1 Å². The van der Waals surface area contributed by atoms with Crippen molar-refractivity contribution in [2.45, 2.75) is 11.8 Å². The molecule has 0 saturated carbocycles. The van der Waals surface area contributed by atoms with Crippen molar-refractivity contribution in [3.05, 3.63) is 29.1 Å². The number of aromatic carboxylic acids is 1. The molecule has 1 aromatic carbocycles. The van der Waals surface area contributed by atoms with Gasteiger partial charge in [-0.3, -0.25) is 4.21 Å². The third-order valence-electron chi connectivity index (χ3n) is 1.66. The summed E-state index contributed by atoms with van der Waals surface area (Å²) in [5.74, 6) is -2.74. The predicted octanol–water partition coefficient (Wildman–Crippen LogP) is -6.26. The minimum Gasteiger partial charge on any atom is -0.768 e. The fourth-order valence-electron chi connectivity index (χ4n) is 0.989. The van der Waals surface area contributed by atoms with Gasteiger partial charge in [-0.25, -0.2) is 4.39 Å². The molecule has 0 fully saturated rings. The quantitative estimate of drug-likeness (QED) is 0.392. The fourth-order valence-corrected chi connectivity index (χ4v) is 1.52. The van der Waals surface area contributed by atoms with Crippen LogP contribution in [0.5, 0.6) is 0 Å². The van der Waals surface area contributed by atoms with Crippen molar-refractivity contribution in [2.24, 2.45) is 0 Å². The monoisotopic (exact) mass is 262 g/mol. The van der Waals surface area contributed by atoms with Gasteiger partial charge < -0.3 is 14.5 Å². The molecule has 1 atom stereocenters. The number of carboxylic acids is 1. The van der Waals surface area contributed by atoms with Crippen LogP contribution in [0.15, 0.2) is 17.0 Å². The second kappa shape index (κ2) is 7.94.